The number of carbonyl (C=O) groups is 3. The van der Waals surface area contributed by atoms with Gasteiger partial charge in [0, 0.05) is 58.4 Å². The van der Waals surface area contributed by atoms with Crippen LogP contribution in [0.5, 0.6) is 0 Å². The second kappa shape index (κ2) is 6.63. The average molecular weight is 346 g/mol. The maximum absolute atomic E-state index is 12.8. The highest BCUT2D eigenvalue weighted by atomic mass is 16.2. The van der Waals surface area contributed by atoms with E-state index in [0.717, 1.165) is 12.8 Å². The normalized spacial score (nSPS) is 25.3. The summed E-state index contributed by atoms with van der Waals surface area (Å²) in [7, 11) is 5.64. The maximum atomic E-state index is 12.8. The van der Waals surface area contributed by atoms with Crippen LogP contribution >= 0.6 is 0 Å². The highest BCUT2D eigenvalue weighted by Crippen LogP contribution is 2.32. The van der Waals surface area contributed by atoms with Crippen molar-refractivity contribution in [3.05, 3.63) is 24.0 Å². The van der Waals surface area contributed by atoms with Gasteiger partial charge < -0.3 is 14.4 Å². The molecule has 0 aromatic carbocycles. The molecule has 0 aliphatic carbocycles. The van der Waals surface area contributed by atoms with E-state index < -0.39 is 11.7 Å². The molecule has 1 atom stereocenters. The van der Waals surface area contributed by atoms with Crippen LogP contribution < -0.4 is 0 Å². The van der Waals surface area contributed by atoms with Gasteiger partial charge in [0.25, 0.3) is 11.7 Å². The van der Waals surface area contributed by atoms with E-state index >= 15 is 0 Å². The number of hydrogen-bond acceptors (Lipinski definition) is 4. The van der Waals surface area contributed by atoms with E-state index in [1.165, 1.54) is 0 Å². The Kier molecular flexibility index (Phi) is 4.69. The second-order valence-electron chi connectivity index (χ2n) is 7.27. The first-order valence-corrected chi connectivity index (χ1v) is 8.74. The van der Waals surface area contributed by atoms with Gasteiger partial charge in [-0.3, -0.25) is 19.3 Å². The smallest absolute Gasteiger partial charge is 0.296 e. The van der Waals surface area contributed by atoms with Crippen molar-refractivity contribution < 1.29 is 14.4 Å². The number of likely N-dealkylation sites (tertiary alicyclic amines) is 1. The molecule has 2 saturated heterocycles. The van der Waals surface area contributed by atoms with Crippen LogP contribution in [0.25, 0.3) is 0 Å². The van der Waals surface area contributed by atoms with E-state index in [9.17, 15) is 14.4 Å². The lowest BCUT2D eigenvalue weighted by Crippen LogP contribution is -2.63. The van der Waals surface area contributed by atoms with Crippen LogP contribution in [0, 0.1) is 0 Å². The first-order chi connectivity index (χ1) is 11.8. The molecule has 2 aliphatic heterocycles. The Morgan fingerprint density at radius 1 is 1.08 bits per heavy atom. The van der Waals surface area contributed by atoms with E-state index in [4.69, 9.17) is 0 Å². The molecule has 1 spiro atoms. The van der Waals surface area contributed by atoms with Crippen molar-refractivity contribution in [2.45, 2.75) is 24.8 Å². The zero-order chi connectivity index (χ0) is 18.2. The van der Waals surface area contributed by atoms with Crippen LogP contribution in [-0.2, 0) is 16.6 Å². The van der Waals surface area contributed by atoms with E-state index in [0.29, 0.717) is 38.3 Å². The number of amides is 2. The molecule has 0 bridgehead atoms. The van der Waals surface area contributed by atoms with Gasteiger partial charge in [0.1, 0.15) is 0 Å². The third-order valence-corrected chi connectivity index (χ3v) is 5.80. The van der Waals surface area contributed by atoms with Gasteiger partial charge in [-0.1, -0.05) is 0 Å². The number of piperazine rings is 1. The van der Waals surface area contributed by atoms with E-state index in [1.54, 1.807) is 39.7 Å². The SMILES string of the molecule is CN1CC[C@]2(CCC1=O)CN(C(=O)C(=O)c1cccn1C)CCN2C. The Bertz CT molecular complexity index is 698. The summed E-state index contributed by atoms with van der Waals surface area (Å²) in [6.45, 7) is 2.43. The summed E-state index contributed by atoms with van der Waals surface area (Å²) < 4.78 is 1.67. The first-order valence-electron chi connectivity index (χ1n) is 8.74. The van der Waals surface area contributed by atoms with Gasteiger partial charge in [0.05, 0.1) is 5.69 Å². The Hall–Kier alpha value is -2.15. The van der Waals surface area contributed by atoms with Gasteiger partial charge in [-0.05, 0) is 32.0 Å². The standard InChI is InChI=1S/C18H26N4O3/c1-19-9-4-5-14(19)16(24)17(25)22-12-11-21(3)18(13-22)7-6-15(23)20(2)10-8-18/h4-5,9H,6-8,10-13H2,1-3H3/t18-/m1/s1. The minimum absolute atomic E-state index is 0.147. The summed E-state index contributed by atoms with van der Waals surface area (Å²) in [6.07, 6.45) is 3.77. The van der Waals surface area contributed by atoms with Crippen molar-refractivity contribution in [2.75, 3.05) is 40.3 Å². The molecule has 1 aromatic rings. The summed E-state index contributed by atoms with van der Waals surface area (Å²) in [6, 6.07) is 3.43. The predicted octanol–water partition coefficient (Wildman–Crippen LogP) is 0.363. The first kappa shape index (κ1) is 17.7. The largest absolute Gasteiger partial charge is 0.348 e. The summed E-state index contributed by atoms with van der Waals surface area (Å²) in [5.74, 6) is -0.763. The van der Waals surface area contributed by atoms with Crippen molar-refractivity contribution in [3.63, 3.8) is 0 Å². The zero-order valence-electron chi connectivity index (χ0n) is 15.2. The molecule has 7 heteroatoms. The lowest BCUT2D eigenvalue weighted by Gasteiger charge is -2.49. The lowest BCUT2D eigenvalue weighted by atomic mass is 9.86. The molecule has 0 radical (unpaired) electrons. The Morgan fingerprint density at radius 3 is 2.52 bits per heavy atom. The number of likely N-dealkylation sites (N-methyl/N-ethyl adjacent to an activating group) is 1. The van der Waals surface area contributed by atoms with E-state index in [-0.39, 0.29) is 11.4 Å². The predicted molar refractivity (Wildman–Crippen MR) is 93.2 cm³/mol. The number of rotatable bonds is 2. The van der Waals surface area contributed by atoms with Crippen LogP contribution in [0.15, 0.2) is 18.3 Å². The van der Waals surface area contributed by atoms with E-state index in [2.05, 4.69) is 11.9 Å². The highest BCUT2D eigenvalue weighted by molar-refractivity contribution is 6.42. The summed E-state index contributed by atoms with van der Waals surface area (Å²) in [5, 5.41) is 0. The Morgan fingerprint density at radius 2 is 1.84 bits per heavy atom. The van der Waals surface area contributed by atoms with Crippen molar-refractivity contribution >= 4 is 17.6 Å². The third-order valence-electron chi connectivity index (χ3n) is 5.80. The van der Waals surface area contributed by atoms with Crippen molar-refractivity contribution in [1.82, 2.24) is 19.3 Å². The highest BCUT2D eigenvalue weighted by Gasteiger charge is 2.44. The quantitative estimate of drug-likeness (QED) is 0.573. The molecule has 136 valence electrons. The molecule has 25 heavy (non-hydrogen) atoms. The van der Waals surface area contributed by atoms with Gasteiger partial charge in [-0.25, -0.2) is 0 Å². The van der Waals surface area contributed by atoms with Crippen molar-refractivity contribution in [1.29, 1.82) is 0 Å². The number of hydrogen-bond donors (Lipinski definition) is 0. The minimum Gasteiger partial charge on any atom is -0.348 e. The molecule has 0 saturated carbocycles. The van der Waals surface area contributed by atoms with Gasteiger partial charge in [0.2, 0.25) is 5.91 Å². The Labute approximate surface area is 148 Å². The molecule has 3 heterocycles. The summed E-state index contributed by atoms with van der Waals surface area (Å²) in [5.41, 5.74) is 0.178. The Balaban J connectivity index is 1.78. The average Bonchev–Trinajstić information content (AvgIpc) is 2.98. The molecule has 2 fully saturated rings. The fourth-order valence-corrected chi connectivity index (χ4v) is 3.88. The molecule has 1 aromatic heterocycles. The summed E-state index contributed by atoms with van der Waals surface area (Å²) in [4.78, 5) is 43.1. The number of carbonyl (C=O) groups excluding carboxylic acids is 3. The van der Waals surface area contributed by atoms with Gasteiger partial charge in [-0.15, -0.1) is 0 Å². The molecule has 2 aliphatic rings. The molecule has 7 nitrogen and oxygen atoms in total. The van der Waals surface area contributed by atoms with Crippen LogP contribution in [0.4, 0.5) is 0 Å². The zero-order valence-corrected chi connectivity index (χ0v) is 15.2. The third kappa shape index (κ3) is 3.20. The van der Waals surface area contributed by atoms with Crippen LogP contribution in [-0.4, -0.2) is 82.7 Å². The minimum atomic E-state index is -0.464. The van der Waals surface area contributed by atoms with Gasteiger partial charge in [-0.2, -0.15) is 0 Å². The number of nitrogens with zero attached hydrogens (tertiary/aromatic N) is 4. The van der Waals surface area contributed by atoms with Crippen LogP contribution in [0.1, 0.15) is 29.8 Å². The van der Waals surface area contributed by atoms with E-state index in [1.807, 2.05) is 7.05 Å². The molecule has 0 N–H and O–H groups in total. The second-order valence-corrected chi connectivity index (χ2v) is 7.27. The number of ketones is 1. The fourth-order valence-electron chi connectivity index (χ4n) is 3.88. The van der Waals surface area contributed by atoms with Gasteiger partial charge in [0.15, 0.2) is 0 Å². The maximum Gasteiger partial charge on any atom is 0.296 e. The number of aromatic nitrogens is 1. The van der Waals surface area contributed by atoms with Crippen molar-refractivity contribution in [2.24, 2.45) is 7.05 Å². The fraction of sp³-hybridized carbons (Fsp3) is 0.611. The summed E-state index contributed by atoms with van der Waals surface area (Å²) >= 11 is 0. The topological polar surface area (TPSA) is 65.9 Å². The molecule has 0 unspecified atom stereocenters. The molecule has 3 rings (SSSR count). The van der Waals surface area contributed by atoms with Crippen LogP contribution in [0.3, 0.4) is 0 Å². The monoisotopic (exact) mass is 346 g/mol. The number of Topliss-reactive ketones (excluding diaryl/α,β-unsaturated/α-hetero) is 1. The van der Waals surface area contributed by atoms with Crippen molar-refractivity contribution in [3.8, 4) is 0 Å². The molecular formula is C18H26N4O3. The van der Waals surface area contributed by atoms with Gasteiger partial charge >= 0.3 is 0 Å². The van der Waals surface area contributed by atoms with Crippen LogP contribution in [0.2, 0.25) is 0 Å². The number of aryl methyl sites for hydroxylation is 1. The molecular weight excluding hydrogens is 320 g/mol. The molecule has 2 amide bonds. The lowest BCUT2D eigenvalue weighted by molar-refractivity contribution is -0.132.